The van der Waals surface area contributed by atoms with Crippen molar-refractivity contribution in [3.63, 3.8) is 0 Å². The Kier molecular flexibility index (Phi) is 19.4. The van der Waals surface area contributed by atoms with E-state index in [2.05, 4.69) is 31.2 Å². The van der Waals surface area contributed by atoms with Crippen LogP contribution in [0.15, 0.2) is 24.3 Å². The van der Waals surface area contributed by atoms with Crippen molar-refractivity contribution < 1.29 is 19.9 Å². The number of carbonyl (C=O) groups is 1. The van der Waals surface area contributed by atoms with Crippen molar-refractivity contribution >= 4 is 5.97 Å². The molecular formula is C22H43NO3. The molecule has 2 N–H and O–H groups in total. The van der Waals surface area contributed by atoms with E-state index in [1.165, 1.54) is 64.2 Å². The molecule has 0 aromatic carbocycles. The lowest BCUT2D eigenvalue weighted by Gasteiger charge is -2.27. The molecular weight excluding hydrogens is 326 g/mol. The highest BCUT2D eigenvalue weighted by Gasteiger charge is 2.18. The number of carboxylic acid groups (broad SMARTS) is 1. The first-order valence-electron chi connectivity index (χ1n) is 10.3. The smallest absolute Gasteiger partial charge is 0.359 e. The van der Waals surface area contributed by atoms with Gasteiger partial charge in [0.05, 0.1) is 20.6 Å². The van der Waals surface area contributed by atoms with Gasteiger partial charge in [0, 0.05) is 0 Å². The summed E-state index contributed by atoms with van der Waals surface area (Å²) in [5.74, 6) is -0.704. The third-order valence-corrected chi connectivity index (χ3v) is 4.53. The molecule has 0 aliphatic carbocycles. The molecule has 0 saturated carbocycles. The Morgan fingerprint density at radius 1 is 0.808 bits per heavy atom. The first-order valence-corrected chi connectivity index (χ1v) is 10.3. The van der Waals surface area contributed by atoms with Crippen molar-refractivity contribution in [2.45, 2.75) is 84.0 Å². The maximum absolute atomic E-state index is 10.8. The second-order valence-electron chi connectivity index (χ2n) is 7.80. The van der Waals surface area contributed by atoms with Gasteiger partial charge in [0.25, 0.3) is 0 Å². The molecule has 0 aromatic heterocycles. The van der Waals surface area contributed by atoms with Gasteiger partial charge in [-0.05, 0) is 44.9 Å². The fourth-order valence-electron chi connectivity index (χ4n) is 2.97. The summed E-state index contributed by atoms with van der Waals surface area (Å²) in [6, 6.07) is 0. The van der Waals surface area contributed by atoms with Crippen molar-refractivity contribution in [3.8, 4) is 0 Å². The molecule has 0 bridgehead atoms. The van der Waals surface area contributed by atoms with Gasteiger partial charge in [-0.15, -0.1) is 0 Å². The molecule has 154 valence electrons. The molecule has 4 nitrogen and oxygen atoms in total. The minimum absolute atomic E-state index is 0. The Morgan fingerprint density at radius 3 is 1.85 bits per heavy atom. The van der Waals surface area contributed by atoms with Crippen LogP contribution < -0.4 is 0 Å². The Balaban J connectivity index is 0. The molecule has 0 amide bonds. The molecule has 0 atom stereocenters. The molecule has 0 heterocycles. The zero-order chi connectivity index (χ0) is 18.8. The van der Waals surface area contributed by atoms with E-state index < -0.39 is 5.97 Å². The van der Waals surface area contributed by atoms with Crippen LogP contribution in [0.5, 0.6) is 0 Å². The van der Waals surface area contributed by atoms with Crippen LogP contribution in [0.4, 0.5) is 0 Å². The molecule has 0 radical (unpaired) electrons. The maximum atomic E-state index is 10.8. The van der Waals surface area contributed by atoms with Crippen molar-refractivity contribution in [2.24, 2.45) is 0 Å². The third kappa shape index (κ3) is 20.9. The van der Waals surface area contributed by atoms with Gasteiger partial charge in [-0.2, -0.15) is 0 Å². The van der Waals surface area contributed by atoms with Crippen LogP contribution in [0, 0.1) is 0 Å². The number of nitrogens with zero attached hydrogens (tertiary/aromatic N) is 1. The first kappa shape index (κ1) is 27.1. The van der Waals surface area contributed by atoms with Crippen LogP contribution in [-0.4, -0.2) is 48.2 Å². The minimum Gasteiger partial charge on any atom is -0.870 e. The Hall–Kier alpha value is -1.13. The summed E-state index contributed by atoms with van der Waals surface area (Å²) in [4.78, 5) is 10.8. The Labute approximate surface area is 161 Å². The van der Waals surface area contributed by atoms with Crippen LogP contribution in [0.3, 0.4) is 0 Å². The van der Waals surface area contributed by atoms with Crippen LogP contribution in [0.25, 0.3) is 0 Å². The number of quaternary nitrogens is 1. The number of hydrogen-bond acceptors (Lipinski definition) is 2. The largest absolute Gasteiger partial charge is 0.870 e. The molecule has 0 rings (SSSR count). The monoisotopic (exact) mass is 369 g/mol. The van der Waals surface area contributed by atoms with Gasteiger partial charge in [0.2, 0.25) is 0 Å². The third-order valence-electron chi connectivity index (χ3n) is 4.53. The second kappa shape index (κ2) is 18.7. The highest BCUT2D eigenvalue weighted by atomic mass is 16.4. The van der Waals surface area contributed by atoms with E-state index in [4.69, 9.17) is 5.11 Å². The maximum Gasteiger partial charge on any atom is 0.359 e. The van der Waals surface area contributed by atoms with Crippen LogP contribution in [0.2, 0.25) is 0 Å². The van der Waals surface area contributed by atoms with E-state index in [1.54, 1.807) is 0 Å². The molecule has 0 spiro atoms. The highest BCUT2D eigenvalue weighted by Crippen LogP contribution is 2.10. The van der Waals surface area contributed by atoms with Crippen molar-refractivity contribution in [1.29, 1.82) is 0 Å². The van der Waals surface area contributed by atoms with E-state index in [0.29, 0.717) is 4.48 Å². The van der Waals surface area contributed by atoms with Crippen LogP contribution in [0.1, 0.15) is 84.0 Å². The zero-order valence-corrected chi connectivity index (χ0v) is 17.5. The molecule has 26 heavy (non-hydrogen) atoms. The average Bonchev–Trinajstić information content (AvgIpc) is 2.53. The quantitative estimate of drug-likeness (QED) is 0.201. The summed E-state index contributed by atoms with van der Waals surface area (Å²) in [6.07, 6.45) is 24.2. The average molecular weight is 370 g/mol. The lowest BCUT2D eigenvalue weighted by Crippen LogP contribution is -2.44. The number of aliphatic carboxylic acids is 1. The summed E-state index contributed by atoms with van der Waals surface area (Å²) in [6.45, 7) is 3.43. The highest BCUT2D eigenvalue weighted by molar-refractivity contribution is 5.67. The number of rotatable bonds is 17. The van der Waals surface area contributed by atoms with Gasteiger partial charge in [0.15, 0.2) is 6.54 Å². The minimum atomic E-state index is -0.704. The van der Waals surface area contributed by atoms with Gasteiger partial charge in [-0.3, -0.25) is 0 Å². The summed E-state index contributed by atoms with van der Waals surface area (Å²) >= 11 is 0. The van der Waals surface area contributed by atoms with E-state index >= 15 is 0 Å². The Bertz CT molecular complexity index is 376. The molecule has 0 aromatic rings. The van der Waals surface area contributed by atoms with Crippen molar-refractivity contribution in [1.82, 2.24) is 0 Å². The topological polar surface area (TPSA) is 67.3 Å². The molecule has 0 aliphatic heterocycles. The predicted molar refractivity (Wildman–Crippen MR) is 111 cm³/mol. The van der Waals surface area contributed by atoms with Crippen LogP contribution >= 0.6 is 0 Å². The molecule has 0 unspecified atom stereocenters. The normalized spacial score (nSPS) is 12.0. The first-order chi connectivity index (χ1) is 12.0. The summed E-state index contributed by atoms with van der Waals surface area (Å²) in [7, 11) is 4.00. The summed E-state index contributed by atoms with van der Waals surface area (Å²) < 4.78 is 0.590. The van der Waals surface area contributed by atoms with E-state index in [9.17, 15) is 4.79 Å². The predicted octanol–water partition coefficient (Wildman–Crippen LogP) is 5.78. The summed E-state index contributed by atoms with van der Waals surface area (Å²) in [5, 5.41) is 8.86. The zero-order valence-electron chi connectivity index (χ0n) is 17.5. The van der Waals surface area contributed by atoms with Crippen molar-refractivity contribution in [2.75, 3.05) is 27.2 Å². The number of hydrogen-bond donors (Lipinski definition) is 1. The van der Waals surface area contributed by atoms with E-state index in [-0.39, 0.29) is 12.0 Å². The number of unbranched alkanes of at least 4 members (excludes halogenated alkanes) is 9. The number of carboxylic acids is 1. The Morgan fingerprint density at radius 2 is 1.31 bits per heavy atom. The molecule has 0 aliphatic rings. The lowest BCUT2D eigenvalue weighted by atomic mass is 10.1. The van der Waals surface area contributed by atoms with Gasteiger partial charge >= 0.3 is 5.97 Å². The second-order valence-corrected chi connectivity index (χ2v) is 7.80. The summed E-state index contributed by atoms with van der Waals surface area (Å²) in [5.41, 5.74) is 0. The van der Waals surface area contributed by atoms with Gasteiger partial charge < -0.3 is 15.1 Å². The van der Waals surface area contributed by atoms with Crippen molar-refractivity contribution in [3.05, 3.63) is 24.3 Å². The van der Waals surface area contributed by atoms with E-state index in [0.717, 1.165) is 19.4 Å². The standard InChI is InChI=1S/C22H41NO2.H2O/c1-4-5-6-7-8-9-10-11-12-13-14-15-16-17-18-19-20-23(2,3)21-22(24)25;/h8-9,11-12H,4-7,10,13-21H2,1-3H3;1H2/b9-8-,12-11-;. The van der Waals surface area contributed by atoms with Gasteiger partial charge in [-0.25, -0.2) is 4.79 Å². The lowest BCUT2D eigenvalue weighted by molar-refractivity contribution is -0.883. The molecule has 0 fully saturated rings. The number of likely N-dealkylation sites (N-methyl/N-ethyl adjacent to an activating group) is 1. The van der Waals surface area contributed by atoms with Gasteiger partial charge in [-0.1, -0.05) is 63.3 Å². The van der Waals surface area contributed by atoms with E-state index in [1.807, 2.05) is 14.1 Å². The molecule has 0 saturated heterocycles. The number of allylic oxidation sites excluding steroid dienone is 4. The van der Waals surface area contributed by atoms with Gasteiger partial charge in [0.1, 0.15) is 0 Å². The van der Waals surface area contributed by atoms with Crippen LogP contribution in [-0.2, 0) is 4.79 Å². The SMILES string of the molecule is CCCCC/C=C\C/C=C\CCCCCCCC[N+](C)(C)CC(=O)O.[OH-]. The fraction of sp³-hybridized carbons (Fsp3) is 0.773. The fourth-order valence-corrected chi connectivity index (χ4v) is 2.97. The molecule has 4 heteroatoms.